The summed E-state index contributed by atoms with van der Waals surface area (Å²) in [5.41, 5.74) is 7.32. The van der Waals surface area contributed by atoms with Crippen LogP contribution >= 0.6 is 11.8 Å². The Bertz CT molecular complexity index is 432. The van der Waals surface area contributed by atoms with Crippen molar-refractivity contribution in [2.75, 3.05) is 23.7 Å². The molecule has 2 nitrogen and oxygen atoms in total. The van der Waals surface area contributed by atoms with E-state index in [4.69, 9.17) is 5.73 Å². The van der Waals surface area contributed by atoms with E-state index in [0.717, 1.165) is 24.4 Å². The number of nitrogens with two attached hydrogens (primary N) is 1. The van der Waals surface area contributed by atoms with Crippen molar-refractivity contribution in [3.63, 3.8) is 0 Å². The second-order valence-electron chi connectivity index (χ2n) is 5.53. The summed E-state index contributed by atoms with van der Waals surface area (Å²) in [6, 6.07) is 5.23. The summed E-state index contributed by atoms with van der Waals surface area (Å²) in [6.45, 7) is 8.07. The molecule has 0 aromatic heterocycles. The SMILES string of the molecule is CC(N)c1ccc(N2CCSC(C)(C)C2)c(F)c1. The molecule has 0 spiro atoms. The van der Waals surface area contributed by atoms with Crippen molar-refractivity contribution in [2.45, 2.75) is 31.6 Å². The summed E-state index contributed by atoms with van der Waals surface area (Å²) in [4.78, 5) is 2.14. The molecule has 0 saturated carbocycles. The molecule has 0 aliphatic carbocycles. The molecular formula is C14H21FN2S. The molecule has 1 saturated heterocycles. The van der Waals surface area contributed by atoms with E-state index in [-0.39, 0.29) is 16.6 Å². The van der Waals surface area contributed by atoms with Gasteiger partial charge >= 0.3 is 0 Å². The lowest BCUT2D eigenvalue weighted by atomic mass is 10.1. The third-order valence-corrected chi connectivity index (χ3v) is 4.56. The van der Waals surface area contributed by atoms with Crippen molar-refractivity contribution in [3.05, 3.63) is 29.6 Å². The van der Waals surface area contributed by atoms with Crippen molar-refractivity contribution < 1.29 is 4.39 Å². The summed E-state index contributed by atoms with van der Waals surface area (Å²) in [6.07, 6.45) is 0. The van der Waals surface area contributed by atoms with Crippen LogP contribution in [-0.2, 0) is 0 Å². The molecule has 1 aliphatic rings. The van der Waals surface area contributed by atoms with Crippen LogP contribution in [0.1, 0.15) is 32.4 Å². The summed E-state index contributed by atoms with van der Waals surface area (Å²) >= 11 is 1.95. The molecule has 4 heteroatoms. The lowest BCUT2D eigenvalue weighted by Gasteiger charge is -2.39. The Morgan fingerprint density at radius 1 is 1.44 bits per heavy atom. The topological polar surface area (TPSA) is 29.3 Å². The average molecular weight is 268 g/mol. The first-order valence-electron chi connectivity index (χ1n) is 6.33. The Morgan fingerprint density at radius 3 is 2.72 bits per heavy atom. The van der Waals surface area contributed by atoms with Crippen LogP contribution in [0.2, 0.25) is 0 Å². The number of halogens is 1. The van der Waals surface area contributed by atoms with E-state index in [0.29, 0.717) is 5.69 Å². The van der Waals surface area contributed by atoms with Gasteiger partial charge in [-0.3, -0.25) is 0 Å². The predicted molar refractivity (Wildman–Crippen MR) is 77.8 cm³/mol. The largest absolute Gasteiger partial charge is 0.367 e. The van der Waals surface area contributed by atoms with Crippen molar-refractivity contribution in [1.82, 2.24) is 0 Å². The van der Waals surface area contributed by atoms with Gasteiger partial charge in [0.2, 0.25) is 0 Å². The van der Waals surface area contributed by atoms with Crippen LogP contribution in [0.3, 0.4) is 0 Å². The standard InChI is InChI=1S/C14H21FN2S/c1-10(16)11-4-5-13(12(15)8-11)17-6-7-18-14(2,3)9-17/h4-5,8,10H,6-7,9,16H2,1-3H3. The Morgan fingerprint density at radius 2 is 2.17 bits per heavy atom. The van der Waals surface area contributed by atoms with E-state index < -0.39 is 0 Å². The number of anilines is 1. The van der Waals surface area contributed by atoms with Crippen LogP contribution in [0.25, 0.3) is 0 Å². The number of nitrogens with zero attached hydrogens (tertiary/aromatic N) is 1. The minimum atomic E-state index is -0.160. The molecule has 1 heterocycles. The van der Waals surface area contributed by atoms with Gasteiger partial charge in [-0.1, -0.05) is 6.07 Å². The summed E-state index contributed by atoms with van der Waals surface area (Å²) in [5.74, 6) is 0.883. The van der Waals surface area contributed by atoms with E-state index in [1.165, 1.54) is 0 Å². The molecule has 100 valence electrons. The Balaban J connectivity index is 2.23. The van der Waals surface area contributed by atoms with Crippen molar-refractivity contribution in [2.24, 2.45) is 5.73 Å². The summed E-state index contributed by atoms with van der Waals surface area (Å²) in [5, 5.41) is 0. The highest BCUT2D eigenvalue weighted by atomic mass is 32.2. The number of hydrogen-bond acceptors (Lipinski definition) is 3. The fourth-order valence-electron chi connectivity index (χ4n) is 2.28. The Kier molecular flexibility index (Phi) is 3.87. The molecule has 2 N–H and O–H groups in total. The first-order chi connectivity index (χ1) is 8.39. The second-order valence-corrected chi connectivity index (χ2v) is 7.33. The van der Waals surface area contributed by atoms with E-state index in [1.807, 2.05) is 30.8 Å². The smallest absolute Gasteiger partial charge is 0.146 e. The monoisotopic (exact) mass is 268 g/mol. The average Bonchev–Trinajstić information content (AvgIpc) is 2.27. The van der Waals surface area contributed by atoms with E-state index >= 15 is 0 Å². The zero-order chi connectivity index (χ0) is 13.3. The molecule has 1 fully saturated rings. The highest BCUT2D eigenvalue weighted by molar-refractivity contribution is 8.00. The zero-order valence-corrected chi connectivity index (χ0v) is 12.1. The number of benzene rings is 1. The van der Waals surface area contributed by atoms with Crippen LogP contribution < -0.4 is 10.6 Å². The molecule has 18 heavy (non-hydrogen) atoms. The molecule has 0 radical (unpaired) electrons. The van der Waals surface area contributed by atoms with Gasteiger partial charge in [-0.25, -0.2) is 4.39 Å². The van der Waals surface area contributed by atoms with Crippen molar-refractivity contribution in [1.29, 1.82) is 0 Å². The van der Waals surface area contributed by atoms with Gasteiger partial charge in [-0.15, -0.1) is 0 Å². The van der Waals surface area contributed by atoms with E-state index in [2.05, 4.69) is 18.7 Å². The summed E-state index contributed by atoms with van der Waals surface area (Å²) in [7, 11) is 0. The molecule has 0 amide bonds. The lowest BCUT2D eigenvalue weighted by molar-refractivity contribution is 0.594. The van der Waals surface area contributed by atoms with Crippen LogP contribution in [0.15, 0.2) is 18.2 Å². The normalized spacial score (nSPS) is 20.8. The number of hydrogen-bond donors (Lipinski definition) is 1. The summed E-state index contributed by atoms with van der Waals surface area (Å²) < 4.78 is 14.3. The van der Waals surface area contributed by atoms with Crippen molar-refractivity contribution in [3.8, 4) is 0 Å². The van der Waals surface area contributed by atoms with Crippen LogP contribution in [0.5, 0.6) is 0 Å². The number of rotatable bonds is 2. The Labute approximate surface area is 113 Å². The highest BCUT2D eigenvalue weighted by Gasteiger charge is 2.28. The zero-order valence-electron chi connectivity index (χ0n) is 11.2. The first-order valence-corrected chi connectivity index (χ1v) is 7.31. The number of thioether (sulfide) groups is 1. The molecule has 1 aromatic carbocycles. The minimum absolute atomic E-state index is 0.123. The second kappa shape index (κ2) is 5.10. The highest BCUT2D eigenvalue weighted by Crippen LogP contribution is 2.33. The first kappa shape index (κ1) is 13.7. The minimum Gasteiger partial charge on any atom is -0.367 e. The predicted octanol–water partition coefficient (Wildman–Crippen LogP) is 3.18. The van der Waals surface area contributed by atoms with Gasteiger partial charge in [0.15, 0.2) is 0 Å². The van der Waals surface area contributed by atoms with E-state index in [1.54, 1.807) is 6.07 Å². The van der Waals surface area contributed by atoms with Gasteiger partial charge in [-0.2, -0.15) is 11.8 Å². The third kappa shape index (κ3) is 2.98. The van der Waals surface area contributed by atoms with Gasteiger partial charge in [0.05, 0.1) is 5.69 Å². The molecule has 1 atom stereocenters. The van der Waals surface area contributed by atoms with Crippen LogP contribution in [0.4, 0.5) is 10.1 Å². The maximum absolute atomic E-state index is 14.1. The van der Waals surface area contributed by atoms with Gasteiger partial charge in [0.25, 0.3) is 0 Å². The van der Waals surface area contributed by atoms with Gasteiger partial charge in [-0.05, 0) is 38.5 Å². The molecule has 1 aromatic rings. The van der Waals surface area contributed by atoms with E-state index in [9.17, 15) is 4.39 Å². The quantitative estimate of drug-likeness (QED) is 0.893. The fourth-order valence-corrected chi connectivity index (χ4v) is 3.40. The van der Waals surface area contributed by atoms with Gasteiger partial charge < -0.3 is 10.6 Å². The van der Waals surface area contributed by atoms with Crippen LogP contribution in [-0.4, -0.2) is 23.6 Å². The molecule has 0 bridgehead atoms. The Hall–Kier alpha value is -0.740. The third-order valence-electron chi connectivity index (χ3n) is 3.26. The molecule has 1 unspecified atom stereocenters. The molecule has 1 aliphatic heterocycles. The maximum Gasteiger partial charge on any atom is 0.146 e. The molecular weight excluding hydrogens is 247 g/mol. The van der Waals surface area contributed by atoms with Gasteiger partial charge in [0.1, 0.15) is 5.82 Å². The van der Waals surface area contributed by atoms with Crippen molar-refractivity contribution >= 4 is 17.4 Å². The fraction of sp³-hybridized carbons (Fsp3) is 0.571. The lowest BCUT2D eigenvalue weighted by Crippen LogP contribution is -2.43. The van der Waals surface area contributed by atoms with Crippen LogP contribution in [0, 0.1) is 5.82 Å². The molecule has 2 rings (SSSR count). The maximum atomic E-state index is 14.1. The van der Waals surface area contributed by atoms with Gasteiger partial charge in [0, 0.05) is 29.6 Å².